The van der Waals surface area contributed by atoms with Crippen LogP contribution < -0.4 is 10.0 Å². The lowest BCUT2D eigenvalue weighted by Crippen LogP contribution is -2.23. The smallest absolute Gasteiger partial charge is 0.302 e. The molecule has 0 fully saturated rings. The Balaban J connectivity index is 1.65. The van der Waals surface area contributed by atoms with E-state index in [1.807, 2.05) is 0 Å². The third-order valence-corrected chi connectivity index (χ3v) is 8.32. The van der Waals surface area contributed by atoms with Crippen molar-refractivity contribution in [2.75, 3.05) is 11.6 Å². The Kier molecular flexibility index (Phi) is 7.47. The second kappa shape index (κ2) is 9.69. The first kappa shape index (κ1) is 26.2. The molecule has 0 saturated heterocycles. The summed E-state index contributed by atoms with van der Waals surface area (Å²) < 4.78 is 85.5. The third kappa shape index (κ3) is 6.38. The molecule has 0 aliphatic rings. The van der Waals surface area contributed by atoms with Gasteiger partial charge >= 0.3 is 5.51 Å². The zero-order valence-corrected chi connectivity index (χ0v) is 20.8. The molecule has 9 nitrogen and oxygen atoms in total. The van der Waals surface area contributed by atoms with Gasteiger partial charge in [-0.1, -0.05) is 12.1 Å². The molecule has 0 radical (unpaired) electrons. The lowest BCUT2D eigenvalue weighted by atomic mass is 10.1. The molecule has 1 aromatic carbocycles. The Labute approximate surface area is 201 Å². The summed E-state index contributed by atoms with van der Waals surface area (Å²) in [5.74, 6) is -0.494. The molecule has 16 heteroatoms. The molecule has 0 spiro atoms. The maximum Gasteiger partial charge on any atom is 0.501 e. The van der Waals surface area contributed by atoms with Crippen molar-refractivity contribution in [1.82, 2.24) is 14.7 Å². The van der Waals surface area contributed by atoms with E-state index in [2.05, 4.69) is 20.0 Å². The molecular weight excluding hydrogens is 537 g/mol. The number of sulfone groups is 1. The number of hydrogen-bond donors (Lipinski definition) is 2. The monoisotopic (exact) mass is 554 g/mol. The van der Waals surface area contributed by atoms with Crippen LogP contribution in [0.25, 0.3) is 10.6 Å². The fourth-order valence-electron chi connectivity index (χ4n) is 2.66. The average Bonchev–Trinajstić information content (AvgIpc) is 3.31. The molecule has 34 heavy (non-hydrogen) atoms. The van der Waals surface area contributed by atoms with Gasteiger partial charge in [-0.15, -0.1) is 22.7 Å². The minimum atomic E-state index is -5.45. The van der Waals surface area contributed by atoms with Gasteiger partial charge < -0.3 is 5.32 Å². The molecule has 2 heterocycles. The number of alkyl halides is 3. The first-order valence-electron chi connectivity index (χ1n) is 9.23. The van der Waals surface area contributed by atoms with Crippen LogP contribution in [0.4, 0.5) is 18.3 Å². The van der Waals surface area contributed by atoms with Crippen molar-refractivity contribution in [3.63, 3.8) is 0 Å². The average molecular weight is 555 g/mol. The number of carbonyl (C=O) groups is 1. The number of thiazole rings is 2. The van der Waals surface area contributed by atoms with E-state index < -0.39 is 36.2 Å². The number of aryl methyl sites for hydroxylation is 1. The number of nitrogens with one attached hydrogen (secondary N) is 2. The van der Waals surface area contributed by atoms with E-state index in [9.17, 15) is 34.8 Å². The van der Waals surface area contributed by atoms with Gasteiger partial charge in [0, 0.05) is 5.38 Å². The van der Waals surface area contributed by atoms with E-state index in [1.54, 1.807) is 12.3 Å². The lowest BCUT2D eigenvalue weighted by molar-refractivity contribution is -0.115. The highest BCUT2D eigenvalue weighted by atomic mass is 32.2. The van der Waals surface area contributed by atoms with Gasteiger partial charge in [-0.05, 0) is 24.6 Å². The van der Waals surface area contributed by atoms with Gasteiger partial charge in [0.15, 0.2) is 5.13 Å². The zero-order valence-electron chi connectivity index (χ0n) is 17.5. The second-order valence-electron chi connectivity index (χ2n) is 6.97. The summed E-state index contributed by atoms with van der Waals surface area (Å²) in [6.45, 7) is 1.79. The van der Waals surface area contributed by atoms with E-state index in [1.165, 1.54) is 11.3 Å². The van der Waals surface area contributed by atoms with Gasteiger partial charge in [0.25, 0.3) is 9.84 Å². The summed E-state index contributed by atoms with van der Waals surface area (Å²) in [5.41, 5.74) is -3.90. The van der Waals surface area contributed by atoms with E-state index >= 15 is 0 Å². The number of halogens is 3. The molecular formula is C18H17F3N4O5S4. The van der Waals surface area contributed by atoms with Crippen LogP contribution in [0.15, 0.2) is 34.5 Å². The SMILES string of the molecule is Cc1nc(CNS(C)(=O)=O)sc1-c1csc(NC(=O)Cc2ccc(S(=O)(=O)C(F)(F)F)cc2)n1. The molecule has 3 rings (SSSR count). The minimum absolute atomic E-state index is 0.0428. The van der Waals surface area contributed by atoms with Crippen LogP contribution in [0.3, 0.4) is 0 Å². The number of hydrogen-bond acceptors (Lipinski definition) is 9. The van der Waals surface area contributed by atoms with Crippen molar-refractivity contribution < 1.29 is 34.8 Å². The molecule has 3 aromatic rings. The van der Waals surface area contributed by atoms with Crippen molar-refractivity contribution in [2.45, 2.75) is 30.3 Å². The minimum Gasteiger partial charge on any atom is -0.302 e. The van der Waals surface area contributed by atoms with Crippen molar-refractivity contribution in [2.24, 2.45) is 0 Å². The number of nitrogens with zero attached hydrogens (tertiary/aromatic N) is 2. The maximum atomic E-state index is 12.6. The van der Waals surface area contributed by atoms with Gasteiger partial charge in [0.05, 0.1) is 40.4 Å². The Morgan fingerprint density at radius 2 is 1.74 bits per heavy atom. The fraction of sp³-hybridized carbons (Fsp3) is 0.278. The summed E-state index contributed by atoms with van der Waals surface area (Å²) in [6, 6.07) is 3.88. The first-order chi connectivity index (χ1) is 15.7. The van der Waals surface area contributed by atoms with Crippen LogP contribution >= 0.6 is 22.7 Å². The summed E-state index contributed by atoms with van der Waals surface area (Å²) in [4.78, 5) is 20.8. The van der Waals surface area contributed by atoms with Gasteiger partial charge in [0.1, 0.15) is 5.01 Å². The molecule has 184 valence electrons. The van der Waals surface area contributed by atoms with Crippen LogP contribution in [0.5, 0.6) is 0 Å². The maximum absolute atomic E-state index is 12.6. The molecule has 2 aromatic heterocycles. The van der Waals surface area contributed by atoms with Crippen LogP contribution in [0.2, 0.25) is 0 Å². The molecule has 0 aliphatic heterocycles. The summed E-state index contributed by atoms with van der Waals surface area (Å²) in [7, 11) is -8.82. The van der Waals surface area contributed by atoms with Crippen molar-refractivity contribution >= 4 is 53.6 Å². The molecule has 0 atom stereocenters. The van der Waals surface area contributed by atoms with Crippen LogP contribution in [-0.4, -0.2) is 44.5 Å². The Morgan fingerprint density at radius 3 is 2.32 bits per heavy atom. The van der Waals surface area contributed by atoms with Crippen molar-refractivity contribution in [3.8, 4) is 10.6 Å². The predicted octanol–water partition coefficient (Wildman–Crippen LogP) is 3.10. The number of amides is 1. The van der Waals surface area contributed by atoms with E-state index in [-0.39, 0.29) is 18.1 Å². The number of aromatic nitrogens is 2. The molecule has 0 bridgehead atoms. The molecule has 0 aliphatic carbocycles. The predicted molar refractivity (Wildman–Crippen MR) is 122 cm³/mol. The molecule has 0 unspecified atom stereocenters. The van der Waals surface area contributed by atoms with E-state index in [0.29, 0.717) is 26.8 Å². The number of benzene rings is 1. The number of rotatable bonds is 8. The number of anilines is 1. The normalized spacial score (nSPS) is 12.6. The summed E-state index contributed by atoms with van der Waals surface area (Å²) in [6.07, 6.45) is 0.838. The highest BCUT2D eigenvalue weighted by Crippen LogP contribution is 2.33. The highest BCUT2D eigenvalue weighted by molar-refractivity contribution is 7.92. The fourth-order valence-corrected chi connectivity index (χ4v) is 5.67. The number of carbonyl (C=O) groups excluding carboxylic acids is 1. The molecule has 1 amide bonds. The van der Waals surface area contributed by atoms with Gasteiger partial charge in [-0.25, -0.2) is 31.5 Å². The Morgan fingerprint density at radius 1 is 1.09 bits per heavy atom. The van der Waals surface area contributed by atoms with E-state index in [4.69, 9.17) is 0 Å². The standard InChI is InChI=1S/C18H17F3N4O5S4/c1-10-16(32-15(23-10)8-22-33(2,27)28)13-9-31-17(24-13)25-14(26)7-11-3-5-12(6-4-11)34(29,30)18(19,20)21/h3-6,9,22H,7-8H2,1-2H3,(H,24,25,26). The highest BCUT2D eigenvalue weighted by Gasteiger charge is 2.46. The quantitative estimate of drug-likeness (QED) is 0.437. The van der Waals surface area contributed by atoms with Gasteiger partial charge in [0.2, 0.25) is 15.9 Å². The zero-order chi connectivity index (χ0) is 25.3. The van der Waals surface area contributed by atoms with Crippen LogP contribution in [0, 0.1) is 6.92 Å². The topological polar surface area (TPSA) is 135 Å². The summed E-state index contributed by atoms with van der Waals surface area (Å²) >= 11 is 2.40. The van der Waals surface area contributed by atoms with Gasteiger partial charge in [-0.2, -0.15) is 13.2 Å². The third-order valence-electron chi connectivity index (χ3n) is 4.21. The number of sulfonamides is 1. The van der Waals surface area contributed by atoms with Crippen LogP contribution in [-0.2, 0) is 37.6 Å². The van der Waals surface area contributed by atoms with Crippen molar-refractivity contribution in [1.29, 1.82) is 0 Å². The Bertz CT molecular complexity index is 1410. The summed E-state index contributed by atoms with van der Waals surface area (Å²) in [5, 5.41) is 5.11. The lowest BCUT2D eigenvalue weighted by Gasteiger charge is -2.08. The Hall–Kier alpha value is -2.40. The van der Waals surface area contributed by atoms with Crippen LogP contribution in [0.1, 0.15) is 16.3 Å². The molecule has 2 N–H and O–H groups in total. The van der Waals surface area contributed by atoms with Gasteiger partial charge in [-0.3, -0.25) is 4.79 Å². The first-order valence-corrected chi connectivity index (χ1v) is 14.3. The van der Waals surface area contributed by atoms with Crippen molar-refractivity contribution in [3.05, 3.63) is 45.9 Å². The second-order valence-corrected chi connectivity index (χ2v) is 12.7. The molecule has 0 saturated carbocycles. The van der Waals surface area contributed by atoms with E-state index in [0.717, 1.165) is 41.9 Å². The largest absolute Gasteiger partial charge is 0.501 e.